The average molecular weight is 365 g/mol. The second-order valence-corrected chi connectivity index (χ2v) is 10.2. The maximum Gasteiger partial charge on any atom is 0.379 e. The molecule has 0 aromatic heterocycles. The van der Waals surface area contributed by atoms with Gasteiger partial charge in [-0.25, -0.2) is 0 Å². The summed E-state index contributed by atoms with van der Waals surface area (Å²) < 4.78 is 36.1. The van der Waals surface area contributed by atoms with E-state index in [1.165, 1.54) is 18.2 Å². The van der Waals surface area contributed by atoms with Gasteiger partial charge in [0.1, 0.15) is 0 Å². The van der Waals surface area contributed by atoms with Gasteiger partial charge >= 0.3 is 19.0 Å². The van der Waals surface area contributed by atoms with E-state index < -0.39 is 19.0 Å². The number of hydrogen-bond donors (Lipinski definition) is 1. The van der Waals surface area contributed by atoms with Crippen LogP contribution in [0.15, 0.2) is 38.0 Å². The first-order chi connectivity index (χ1) is 9.18. The molecule has 0 aliphatic heterocycles. The molecular formula is C10H16Cl2O6P2. The smallest absolute Gasteiger partial charge is 0.322 e. The van der Waals surface area contributed by atoms with Gasteiger partial charge in [0.15, 0.2) is 0 Å². The van der Waals surface area contributed by atoms with Crippen molar-refractivity contribution >= 4 is 38.4 Å². The van der Waals surface area contributed by atoms with Crippen molar-refractivity contribution in [3.05, 3.63) is 38.0 Å². The molecule has 0 aliphatic carbocycles. The lowest BCUT2D eigenvalue weighted by molar-refractivity contribution is 0.228. The standard InChI is InChI=1S/C10H16Cl2O6P2/c1-4-7-16-19(13,14)10(11,12)20(15,17-8-5-2)18-9-6-3/h4-6H,1-3,7-9H2,(H,13,14). The summed E-state index contributed by atoms with van der Waals surface area (Å²) in [6.07, 6.45) is 3.70. The molecule has 0 saturated heterocycles. The molecule has 0 aromatic rings. The molecule has 0 aromatic carbocycles. The van der Waals surface area contributed by atoms with E-state index in [1.54, 1.807) is 0 Å². The van der Waals surface area contributed by atoms with E-state index in [0.717, 1.165) is 0 Å². The molecule has 1 unspecified atom stereocenters. The third kappa shape index (κ3) is 4.83. The molecule has 10 heteroatoms. The van der Waals surface area contributed by atoms with Gasteiger partial charge < -0.3 is 18.5 Å². The van der Waals surface area contributed by atoms with Crippen LogP contribution in [0.4, 0.5) is 0 Å². The first-order valence-corrected chi connectivity index (χ1v) is 9.13. The van der Waals surface area contributed by atoms with Gasteiger partial charge in [0.2, 0.25) is 0 Å². The van der Waals surface area contributed by atoms with Crippen molar-refractivity contribution in [2.24, 2.45) is 0 Å². The summed E-state index contributed by atoms with van der Waals surface area (Å²) in [5, 5.41) is 0. The quantitative estimate of drug-likeness (QED) is 0.338. The fraction of sp³-hybridized carbons (Fsp3) is 0.400. The van der Waals surface area contributed by atoms with E-state index in [2.05, 4.69) is 24.3 Å². The molecule has 116 valence electrons. The second-order valence-electron chi connectivity index (χ2n) is 3.28. The lowest BCUT2D eigenvalue weighted by Gasteiger charge is -2.30. The van der Waals surface area contributed by atoms with Crippen LogP contribution in [0.3, 0.4) is 0 Å². The number of halogens is 2. The van der Waals surface area contributed by atoms with Gasteiger partial charge in [0, 0.05) is 0 Å². The Morgan fingerprint density at radius 3 is 1.65 bits per heavy atom. The summed E-state index contributed by atoms with van der Waals surface area (Å²) in [6.45, 7) is 9.19. The summed E-state index contributed by atoms with van der Waals surface area (Å²) in [5.41, 5.74) is 0. The second kappa shape index (κ2) is 8.52. The van der Waals surface area contributed by atoms with E-state index in [9.17, 15) is 14.0 Å². The molecule has 0 fully saturated rings. The Kier molecular flexibility index (Phi) is 8.56. The lowest BCUT2D eigenvalue weighted by atomic mass is 10.7. The van der Waals surface area contributed by atoms with Gasteiger partial charge in [-0.05, 0) is 0 Å². The largest absolute Gasteiger partial charge is 0.379 e. The monoisotopic (exact) mass is 364 g/mol. The minimum Gasteiger partial charge on any atom is -0.322 e. The predicted molar refractivity (Wildman–Crippen MR) is 80.3 cm³/mol. The zero-order valence-corrected chi connectivity index (χ0v) is 13.9. The summed E-state index contributed by atoms with van der Waals surface area (Å²) in [5.74, 6) is 0. The van der Waals surface area contributed by atoms with E-state index in [-0.39, 0.29) is 19.8 Å². The molecule has 0 bridgehead atoms. The highest BCUT2D eigenvalue weighted by atomic mass is 35.5. The van der Waals surface area contributed by atoms with Crippen LogP contribution in [-0.2, 0) is 22.7 Å². The molecule has 0 spiro atoms. The van der Waals surface area contributed by atoms with Crippen molar-refractivity contribution in [2.75, 3.05) is 19.8 Å². The third-order valence-electron chi connectivity index (χ3n) is 1.76. The van der Waals surface area contributed by atoms with E-state index in [0.29, 0.717) is 0 Å². The van der Waals surface area contributed by atoms with Crippen molar-refractivity contribution in [1.29, 1.82) is 0 Å². The molecular weight excluding hydrogens is 349 g/mol. The Morgan fingerprint density at radius 2 is 1.30 bits per heavy atom. The first kappa shape index (κ1) is 20.1. The molecule has 20 heavy (non-hydrogen) atoms. The number of hydrogen-bond acceptors (Lipinski definition) is 5. The van der Waals surface area contributed by atoms with E-state index >= 15 is 0 Å². The fourth-order valence-corrected chi connectivity index (χ4v) is 4.97. The van der Waals surface area contributed by atoms with Crippen LogP contribution < -0.4 is 0 Å². The van der Waals surface area contributed by atoms with Crippen LogP contribution in [0.2, 0.25) is 0 Å². The molecule has 1 N–H and O–H groups in total. The fourth-order valence-electron chi connectivity index (χ4n) is 0.880. The van der Waals surface area contributed by atoms with Gasteiger partial charge in [0.05, 0.1) is 19.8 Å². The molecule has 0 saturated carbocycles. The summed E-state index contributed by atoms with van der Waals surface area (Å²) >= 11 is 11.5. The van der Waals surface area contributed by atoms with Crippen LogP contribution in [0.25, 0.3) is 0 Å². The highest BCUT2D eigenvalue weighted by molar-refractivity contribution is 7.79. The first-order valence-electron chi connectivity index (χ1n) is 5.25. The maximum absolute atomic E-state index is 12.5. The van der Waals surface area contributed by atoms with Gasteiger partial charge in [-0.15, -0.1) is 19.7 Å². The van der Waals surface area contributed by atoms with Crippen molar-refractivity contribution in [3.8, 4) is 0 Å². The number of rotatable bonds is 11. The minimum atomic E-state index is -4.74. The Labute approximate surface area is 128 Å². The Morgan fingerprint density at radius 1 is 0.950 bits per heavy atom. The van der Waals surface area contributed by atoms with Crippen LogP contribution in [0.5, 0.6) is 0 Å². The summed E-state index contributed by atoms with van der Waals surface area (Å²) in [4.78, 5) is 9.75. The average Bonchev–Trinajstić information content (AvgIpc) is 2.40. The molecule has 0 amide bonds. The maximum atomic E-state index is 12.5. The van der Waals surface area contributed by atoms with Crippen LogP contribution in [-0.4, -0.2) is 28.5 Å². The van der Waals surface area contributed by atoms with Crippen LogP contribution >= 0.6 is 38.4 Å². The number of alkyl halides is 2. The Bertz CT molecular complexity index is 435. The van der Waals surface area contributed by atoms with Crippen molar-refractivity contribution in [2.45, 2.75) is 3.82 Å². The highest BCUT2D eigenvalue weighted by Gasteiger charge is 2.63. The molecule has 0 rings (SSSR count). The molecule has 1 atom stereocenters. The SMILES string of the molecule is C=CCOP(=O)(O)C(Cl)(Cl)P(=O)(OCC=C)OCC=C. The molecule has 6 nitrogen and oxygen atoms in total. The van der Waals surface area contributed by atoms with Crippen LogP contribution in [0, 0.1) is 0 Å². The van der Waals surface area contributed by atoms with Crippen molar-refractivity contribution in [1.82, 2.24) is 0 Å². The van der Waals surface area contributed by atoms with Gasteiger partial charge in [-0.2, -0.15) is 0 Å². The minimum absolute atomic E-state index is 0.253. The molecule has 0 heterocycles. The lowest BCUT2D eigenvalue weighted by Crippen LogP contribution is -2.20. The summed E-state index contributed by atoms with van der Waals surface area (Å²) in [7, 11) is -9.14. The van der Waals surface area contributed by atoms with Gasteiger partial charge in [0.25, 0.3) is 0 Å². The topological polar surface area (TPSA) is 82.1 Å². The van der Waals surface area contributed by atoms with Crippen LogP contribution in [0.1, 0.15) is 0 Å². The van der Waals surface area contributed by atoms with E-state index in [1.807, 2.05) is 0 Å². The highest BCUT2D eigenvalue weighted by Crippen LogP contribution is 2.79. The third-order valence-corrected chi connectivity index (χ3v) is 8.59. The predicted octanol–water partition coefficient (Wildman–Crippen LogP) is 4.06. The Balaban J connectivity index is 5.44. The van der Waals surface area contributed by atoms with Gasteiger partial charge in [-0.1, -0.05) is 41.4 Å². The summed E-state index contributed by atoms with van der Waals surface area (Å²) in [6, 6.07) is 0. The normalized spacial score (nSPS) is 15.3. The Hall–Kier alpha value is 0.1000. The molecule has 0 radical (unpaired) electrons. The zero-order chi connectivity index (χ0) is 15.9. The van der Waals surface area contributed by atoms with Crippen molar-refractivity contribution in [3.63, 3.8) is 0 Å². The van der Waals surface area contributed by atoms with E-state index in [4.69, 9.17) is 32.2 Å². The van der Waals surface area contributed by atoms with Crippen molar-refractivity contribution < 1.29 is 27.6 Å². The van der Waals surface area contributed by atoms with Gasteiger partial charge in [-0.3, -0.25) is 9.13 Å². The zero-order valence-electron chi connectivity index (χ0n) is 10.6. The molecule has 0 aliphatic rings.